The molecule has 0 spiro atoms. The fourth-order valence-electron chi connectivity index (χ4n) is 5.93. The van der Waals surface area contributed by atoms with E-state index in [1.54, 1.807) is 20.2 Å². The Morgan fingerprint density at radius 1 is 1.26 bits per heavy atom. The standard InChI is InChI=1S/C25H29ClF2N8O2/c1-33(2)23(37)18-9-16-13-34(6-4-8-36(16)32-18)22-17-11-29-21(26)19(28)20(17)30-24(31-22)38-14-25-5-3-7-35(25)12-15(27)10-25/h9,11,15H,3-8,10,12-14H2,1-2H3/t15-,25+/m1/s1. The zero-order valence-electron chi connectivity index (χ0n) is 21.3. The van der Waals surface area contributed by atoms with E-state index in [9.17, 15) is 9.18 Å². The highest BCUT2D eigenvalue weighted by Gasteiger charge is 2.49. The normalized spacial score (nSPS) is 23.4. The number of nitrogens with zero attached hydrogens (tertiary/aromatic N) is 8. The number of hydrogen-bond acceptors (Lipinski definition) is 8. The Bertz CT molecular complexity index is 1400. The summed E-state index contributed by atoms with van der Waals surface area (Å²) in [6.45, 7) is 3.09. The lowest BCUT2D eigenvalue weighted by Crippen LogP contribution is -2.43. The van der Waals surface area contributed by atoms with Crippen LogP contribution in [0.2, 0.25) is 5.15 Å². The van der Waals surface area contributed by atoms with Gasteiger partial charge in [0.15, 0.2) is 16.7 Å². The molecule has 3 aromatic heterocycles. The van der Waals surface area contributed by atoms with Crippen molar-refractivity contribution in [3.8, 4) is 6.01 Å². The summed E-state index contributed by atoms with van der Waals surface area (Å²) in [5.41, 5.74) is 0.828. The molecule has 6 rings (SSSR count). The van der Waals surface area contributed by atoms with Gasteiger partial charge in [-0.05, 0) is 31.9 Å². The fourth-order valence-corrected chi connectivity index (χ4v) is 6.07. The largest absolute Gasteiger partial charge is 0.461 e. The topological polar surface area (TPSA) is 92.5 Å². The van der Waals surface area contributed by atoms with Gasteiger partial charge in [0.1, 0.15) is 24.1 Å². The summed E-state index contributed by atoms with van der Waals surface area (Å²) in [4.78, 5) is 31.1. The summed E-state index contributed by atoms with van der Waals surface area (Å²) in [6.07, 6.45) is 3.52. The summed E-state index contributed by atoms with van der Waals surface area (Å²) in [5.74, 6) is -0.468. The van der Waals surface area contributed by atoms with E-state index in [-0.39, 0.29) is 29.2 Å². The first kappa shape index (κ1) is 25.2. The molecule has 2 saturated heterocycles. The molecule has 6 heterocycles. The minimum absolute atomic E-state index is 0.0124. The number of halogens is 3. The monoisotopic (exact) mass is 546 g/mol. The first-order valence-corrected chi connectivity index (χ1v) is 13.2. The van der Waals surface area contributed by atoms with Crippen LogP contribution in [0.3, 0.4) is 0 Å². The van der Waals surface area contributed by atoms with Crippen LogP contribution >= 0.6 is 11.6 Å². The van der Waals surface area contributed by atoms with E-state index in [1.165, 1.54) is 11.1 Å². The fraction of sp³-hybridized carbons (Fsp3) is 0.560. The summed E-state index contributed by atoms with van der Waals surface area (Å²) >= 11 is 6.00. The molecule has 0 bridgehead atoms. The Balaban J connectivity index is 1.35. The molecule has 3 aliphatic rings. The van der Waals surface area contributed by atoms with Gasteiger partial charge in [-0.3, -0.25) is 14.4 Å². The molecule has 3 aliphatic heterocycles. The molecule has 10 nitrogen and oxygen atoms in total. The highest BCUT2D eigenvalue weighted by atomic mass is 35.5. The number of carbonyl (C=O) groups excluding carboxylic acids is 1. The van der Waals surface area contributed by atoms with E-state index in [0.717, 1.165) is 31.5 Å². The lowest BCUT2D eigenvalue weighted by atomic mass is 9.95. The maximum Gasteiger partial charge on any atom is 0.319 e. The van der Waals surface area contributed by atoms with Crippen LogP contribution in [-0.2, 0) is 13.1 Å². The summed E-state index contributed by atoms with van der Waals surface area (Å²) in [5, 5.41) is 4.61. The SMILES string of the molecule is CN(C)C(=O)c1cc2n(n1)CCCN(c1nc(OC[C@@]34CCCN3C[C@H](F)C4)nc3c(F)c(Cl)ncc13)C2. The second-order valence-corrected chi connectivity index (χ2v) is 10.9. The lowest BCUT2D eigenvalue weighted by molar-refractivity contribution is 0.0821. The third-order valence-electron chi connectivity index (χ3n) is 7.77. The highest BCUT2D eigenvalue weighted by Crippen LogP contribution is 2.40. The molecule has 0 saturated carbocycles. The number of ether oxygens (including phenoxy) is 1. The van der Waals surface area contributed by atoms with Crippen molar-refractivity contribution >= 4 is 34.2 Å². The van der Waals surface area contributed by atoms with Crippen LogP contribution in [0.25, 0.3) is 10.9 Å². The van der Waals surface area contributed by atoms with Crippen molar-refractivity contribution in [2.45, 2.75) is 50.5 Å². The van der Waals surface area contributed by atoms with E-state index in [2.05, 4.69) is 20.0 Å². The molecule has 0 aromatic carbocycles. The van der Waals surface area contributed by atoms with Gasteiger partial charge in [-0.15, -0.1) is 0 Å². The van der Waals surface area contributed by atoms with Gasteiger partial charge in [-0.25, -0.2) is 13.8 Å². The van der Waals surface area contributed by atoms with Gasteiger partial charge in [0.2, 0.25) is 0 Å². The highest BCUT2D eigenvalue weighted by molar-refractivity contribution is 6.30. The van der Waals surface area contributed by atoms with Crippen molar-refractivity contribution in [2.75, 3.05) is 45.2 Å². The molecule has 202 valence electrons. The Morgan fingerprint density at radius 3 is 2.92 bits per heavy atom. The van der Waals surface area contributed by atoms with Gasteiger partial charge in [0.05, 0.1) is 23.2 Å². The molecule has 1 amide bonds. The van der Waals surface area contributed by atoms with E-state index in [1.807, 2.05) is 9.58 Å². The number of hydrogen-bond donors (Lipinski definition) is 0. The lowest BCUT2D eigenvalue weighted by Gasteiger charge is -2.31. The molecule has 3 aromatic rings. The van der Waals surface area contributed by atoms with Crippen molar-refractivity contribution in [2.24, 2.45) is 0 Å². The van der Waals surface area contributed by atoms with Gasteiger partial charge in [0, 0.05) is 46.3 Å². The number of aryl methyl sites for hydroxylation is 1. The number of fused-ring (bicyclic) bond motifs is 3. The molecular weight excluding hydrogens is 518 g/mol. The Hall–Kier alpha value is -3.12. The number of amides is 1. The first-order chi connectivity index (χ1) is 18.2. The van der Waals surface area contributed by atoms with Gasteiger partial charge in [-0.2, -0.15) is 15.1 Å². The number of pyridine rings is 1. The van der Waals surface area contributed by atoms with Gasteiger partial charge >= 0.3 is 6.01 Å². The summed E-state index contributed by atoms with van der Waals surface area (Å²) in [6, 6.07) is 1.79. The average molecular weight is 547 g/mol. The van der Waals surface area contributed by atoms with Gasteiger partial charge in [-0.1, -0.05) is 11.6 Å². The van der Waals surface area contributed by atoms with Crippen LogP contribution < -0.4 is 9.64 Å². The van der Waals surface area contributed by atoms with E-state index < -0.39 is 17.5 Å². The Labute approximate surface area is 223 Å². The maximum atomic E-state index is 15.1. The molecule has 2 atom stereocenters. The summed E-state index contributed by atoms with van der Waals surface area (Å²) < 4.78 is 37.3. The third-order valence-corrected chi connectivity index (χ3v) is 8.03. The van der Waals surface area contributed by atoms with Crippen LogP contribution in [0.1, 0.15) is 41.9 Å². The second-order valence-electron chi connectivity index (χ2n) is 10.5. The van der Waals surface area contributed by atoms with Crippen LogP contribution in [0.15, 0.2) is 12.3 Å². The zero-order valence-corrected chi connectivity index (χ0v) is 22.1. The predicted molar refractivity (Wildman–Crippen MR) is 137 cm³/mol. The van der Waals surface area contributed by atoms with Crippen molar-refractivity contribution in [1.29, 1.82) is 0 Å². The molecule has 0 radical (unpaired) electrons. The zero-order chi connectivity index (χ0) is 26.6. The Kier molecular flexibility index (Phi) is 6.34. The smallest absolute Gasteiger partial charge is 0.319 e. The number of carbonyl (C=O) groups is 1. The van der Waals surface area contributed by atoms with E-state index in [4.69, 9.17) is 21.3 Å². The molecule has 0 unspecified atom stereocenters. The van der Waals surface area contributed by atoms with E-state index in [0.29, 0.717) is 49.5 Å². The van der Waals surface area contributed by atoms with Gasteiger partial charge in [0.25, 0.3) is 5.91 Å². The second kappa shape index (κ2) is 9.57. The average Bonchev–Trinajstić information content (AvgIpc) is 3.51. The van der Waals surface area contributed by atoms with Crippen molar-refractivity contribution in [3.63, 3.8) is 0 Å². The molecule has 38 heavy (non-hydrogen) atoms. The van der Waals surface area contributed by atoms with Gasteiger partial charge < -0.3 is 14.5 Å². The first-order valence-electron chi connectivity index (χ1n) is 12.8. The molecule has 0 N–H and O–H groups in total. The number of anilines is 1. The van der Waals surface area contributed by atoms with Crippen molar-refractivity contribution in [3.05, 3.63) is 34.6 Å². The minimum Gasteiger partial charge on any atom is -0.461 e. The van der Waals surface area contributed by atoms with Crippen LogP contribution in [0.5, 0.6) is 6.01 Å². The van der Waals surface area contributed by atoms with E-state index >= 15 is 4.39 Å². The predicted octanol–water partition coefficient (Wildman–Crippen LogP) is 3.08. The number of rotatable bonds is 5. The molecular formula is C25H29ClF2N8O2. The van der Waals surface area contributed by atoms with Crippen LogP contribution in [0.4, 0.5) is 14.6 Å². The molecule has 2 fully saturated rings. The summed E-state index contributed by atoms with van der Waals surface area (Å²) in [7, 11) is 3.37. The van der Waals surface area contributed by atoms with Crippen LogP contribution in [0, 0.1) is 5.82 Å². The number of alkyl halides is 1. The third kappa shape index (κ3) is 4.33. The minimum atomic E-state index is -0.888. The Morgan fingerprint density at radius 2 is 2.11 bits per heavy atom. The maximum absolute atomic E-state index is 15.1. The molecule has 13 heteroatoms. The van der Waals surface area contributed by atoms with Crippen molar-refractivity contribution in [1.82, 2.24) is 34.5 Å². The van der Waals surface area contributed by atoms with Crippen molar-refractivity contribution < 1.29 is 18.3 Å². The quantitative estimate of drug-likeness (QED) is 0.451. The number of aromatic nitrogens is 5. The van der Waals surface area contributed by atoms with Crippen LogP contribution in [-0.4, -0.2) is 92.5 Å². The molecule has 0 aliphatic carbocycles.